The molecule has 3 rings (SSSR count). The van der Waals surface area contributed by atoms with Gasteiger partial charge in [0.05, 0.1) is 11.5 Å². The van der Waals surface area contributed by atoms with Crippen LogP contribution in [0.1, 0.15) is 136 Å². The van der Waals surface area contributed by atoms with E-state index in [2.05, 4.69) is 19.9 Å². The van der Waals surface area contributed by atoms with Crippen LogP contribution in [0, 0.1) is 46.3 Å². The fourth-order valence-electron chi connectivity index (χ4n) is 7.46. The van der Waals surface area contributed by atoms with E-state index >= 15 is 0 Å². The molecule has 0 unspecified atom stereocenters. The molecule has 3 aliphatic rings. The first kappa shape index (κ1) is 23.2. The minimum absolute atomic E-state index is 0.0393. The topological polar surface area (TPSA) is 23.8 Å². The Hall–Kier alpha value is -0.510. The smallest absolute Gasteiger partial charge is 0.0689 e. The molecule has 1 heteroatoms. The van der Waals surface area contributed by atoms with E-state index in [-0.39, 0.29) is 5.41 Å². The molecule has 3 aliphatic carbocycles. The van der Waals surface area contributed by atoms with Gasteiger partial charge < -0.3 is 0 Å². The minimum atomic E-state index is 0.0393. The highest BCUT2D eigenvalue weighted by Crippen LogP contribution is 2.49. The van der Waals surface area contributed by atoms with Crippen LogP contribution in [0.25, 0.3) is 0 Å². The summed E-state index contributed by atoms with van der Waals surface area (Å²) in [5.41, 5.74) is 0.0393. The Morgan fingerprint density at radius 3 is 1.66 bits per heavy atom. The zero-order valence-corrected chi connectivity index (χ0v) is 19.8. The first-order chi connectivity index (χ1) is 14.2. The third-order valence-corrected chi connectivity index (χ3v) is 9.46. The summed E-state index contributed by atoms with van der Waals surface area (Å²) in [4.78, 5) is 0. The van der Waals surface area contributed by atoms with Gasteiger partial charge in [0.1, 0.15) is 0 Å². The Bertz CT molecular complexity index is 479. The molecule has 0 aliphatic heterocycles. The maximum atomic E-state index is 9.69. The maximum Gasteiger partial charge on any atom is 0.0689 e. The predicted octanol–water partition coefficient (Wildman–Crippen LogP) is 9.07. The van der Waals surface area contributed by atoms with Gasteiger partial charge in [-0.05, 0) is 100 Å². The average Bonchev–Trinajstić information content (AvgIpc) is 2.78. The summed E-state index contributed by atoms with van der Waals surface area (Å²) in [6.07, 6.45) is 26.8. The summed E-state index contributed by atoms with van der Waals surface area (Å²) in [5.74, 6) is 5.09. The molecule has 3 saturated carbocycles. The van der Waals surface area contributed by atoms with E-state index in [0.717, 1.165) is 36.0 Å². The summed E-state index contributed by atoms with van der Waals surface area (Å²) in [6, 6.07) is 2.71. The van der Waals surface area contributed by atoms with Gasteiger partial charge in [0.15, 0.2) is 0 Å². The normalized spacial score (nSPS) is 38.4. The summed E-state index contributed by atoms with van der Waals surface area (Å²) in [6.45, 7) is 4.56. The zero-order valence-electron chi connectivity index (χ0n) is 19.8. The molecule has 0 atom stereocenters. The molecular formula is C28H49N. The van der Waals surface area contributed by atoms with Gasteiger partial charge in [-0.15, -0.1) is 0 Å². The molecule has 1 nitrogen and oxygen atoms in total. The van der Waals surface area contributed by atoms with Crippen LogP contribution in [0.4, 0.5) is 0 Å². The molecule has 0 aromatic rings. The van der Waals surface area contributed by atoms with Crippen LogP contribution in [0.5, 0.6) is 0 Å². The second-order valence-electron chi connectivity index (χ2n) is 11.3. The van der Waals surface area contributed by atoms with E-state index in [1.807, 2.05) is 0 Å². The molecule has 0 amide bonds. The van der Waals surface area contributed by atoms with Crippen molar-refractivity contribution in [1.82, 2.24) is 0 Å². The van der Waals surface area contributed by atoms with Gasteiger partial charge in [0.2, 0.25) is 0 Å². The molecule has 0 aromatic heterocycles. The van der Waals surface area contributed by atoms with Gasteiger partial charge in [-0.2, -0.15) is 5.26 Å². The Balaban J connectivity index is 1.34. The first-order valence-electron chi connectivity index (χ1n) is 13.6. The van der Waals surface area contributed by atoms with Crippen LogP contribution in [0.2, 0.25) is 0 Å². The van der Waals surface area contributed by atoms with E-state index in [1.165, 1.54) is 103 Å². The fourth-order valence-corrected chi connectivity index (χ4v) is 7.46. The molecule has 0 bridgehead atoms. The van der Waals surface area contributed by atoms with Gasteiger partial charge in [-0.1, -0.05) is 65.2 Å². The van der Waals surface area contributed by atoms with Gasteiger partial charge >= 0.3 is 0 Å². The van der Waals surface area contributed by atoms with Gasteiger partial charge in [0.25, 0.3) is 0 Å². The number of rotatable bonds is 9. The summed E-state index contributed by atoms with van der Waals surface area (Å²) in [5, 5.41) is 9.69. The lowest BCUT2D eigenvalue weighted by molar-refractivity contribution is 0.0902. The third-order valence-electron chi connectivity index (χ3n) is 9.46. The van der Waals surface area contributed by atoms with Crippen LogP contribution in [-0.2, 0) is 0 Å². The first-order valence-corrected chi connectivity index (χ1v) is 13.6. The number of hydrogen-bond donors (Lipinski definition) is 0. The van der Waals surface area contributed by atoms with E-state index in [0.29, 0.717) is 0 Å². The molecule has 0 aromatic carbocycles. The SMILES string of the molecule is CCCCCC[C@H]1CC[C@H](C2CCC([C@H]3CC[C@@](C#N)(CCC)CC3)CC2)CC1. The quantitative estimate of drug-likeness (QED) is 0.355. The standard InChI is InChI=1S/C28H49N/c1-3-5-6-7-8-23-9-11-24(12-10-23)25-13-15-26(16-14-25)27-17-20-28(22-29,19-4-2)21-18-27/h23-27H,3-21H2,1-2H3/t23-,24-,25?,26?,27-,28-. The molecule has 0 saturated heterocycles. The molecule has 0 N–H and O–H groups in total. The van der Waals surface area contributed by atoms with Crippen molar-refractivity contribution in [2.75, 3.05) is 0 Å². The van der Waals surface area contributed by atoms with Crippen molar-refractivity contribution < 1.29 is 0 Å². The zero-order chi connectivity index (χ0) is 20.5. The molecule has 166 valence electrons. The molecule has 0 heterocycles. The minimum Gasteiger partial charge on any atom is -0.198 e. The second-order valence-corrected chi connectivity index (χ2v) is 11.3. The molecular weight excluding hydrogens is 350 g/mol. The van der Waals surface area contributed by atoms with Crippen molar-refractivity contribution >= 4 is 0 Å². The van der Waals surface area contributed by atoms with Crippen molar-refractivity contribution in [2.45, 2.75) is 136 Å². The van der Waals surface area contributed by atoms with Crippen molar-refractivity contribution in [3.8, 4) is 6.07 Å². The van der Waals surface area contributed by atoms with Crippen molar-refractivity contribution in [3.05, 3.63) is 0 Å². The highest BCUT2D eigenvalue weighted by atomic mass is 14.4. The van der Waals surface area contributed by atoms with Crippen molar-refractivity contribution in [2.24, 2.45) is 35.0 Å². The maximum absolute atomic E-state index is 9.69. The monoisotopic (exact) mass is 399 g/mol. The number of hydrogen-bond acceptors (Lipinski definition) is 1. The fraction of sp³-hybridized carbons (Fsp3) is 0.964. The summed E-state index contributed by atoms with van der Waals surface area (Å²) in [7, 11) is 0. The Labute approximate surface area is 182 Å². The second kappa shape index (κ2) is 11.8. The van der Waals surface area contributed by atoms with E-state index in [1.54, 1.807) is 12.8 Å². The van der Waals surface area contributed by atoms with Crippen LogP contribution >= 0.6 is 0 Å². The molecule has 29 heavy (non-hydrogen) atoms. The highest BCUT2D eigenvalue weighted by molar-refractivity contribution is 5.02. The lowest BCUT2D eigenvalue weighted by Crippen LogP contribution is -2.32. The lowest BCUT2D eigenvalue weighted by Gasteiger charge is -2.43. The van der Waals surface area contributed by atoms with Crippen LogP contribution in [0.15, 0.2) is 0 Å². The third kappa shape index (κ3) is 6.48. The van der Waals surface area contributed by atoms with Gasteiger partial charge in [0, 0.05) is 0 Å². The summed E-state index contributed by atoms with van der Waals surface area (Å²) < 4.78 is 0. The van der Waals surface area contributed by atoms with E-state index in [9.17, 15) is 5.26 Å². The molecule has 0 spiro atoms. The van der Waals surface area contributed by atoms with Crippen LogP contribution in [0.3, 0.4) is 0 Å². The van der Waals surface area contributed by atoms with Crippen molar-refractivity contribution in [3.63, 3.8) is 0 Å². The Morgan fingerprint density at radius 2 is 1.17 bits per heavy atom. The summed E-state index contributed by atoms with van der Waals surface area (Å²) >= 11 is 0. The average molecular weight is 400 g/mol. The number of unbranched alkanes of at least 4 members (excludes halogenated alkanes) is 3. The van der Waals surface area contributed by atoms with E-state index < -0.39 is 0 Å². The Morgan fingerprint density at radius 1 is 0.655 bits per heavy atom. The van der Waals surface area contributed by atoms with Crippen LogP contribution < -0.4 is 0 Å². The predicted molar refractivity (Wildman–Crippen MR) is 125 cm³/mol. The molecule has 0 radical (unpaired) electrons. The number of nitrogens with zero attached hydrogens (tertiary/aromatic N) is 1. The van der Waals surface area contributed by atoms with Gasteiger partial charge in [-0.25, -0.2) is 0 Å². The van der Waals surface area contributed by atoms with Crippen molar-refractivity contribution in [1.29, 1.82) is 5.26 Å². The number of nitriles is 1. The lowest BCUT2D eigenvalue weighted by atomic mass is 9.62. The largest absolute Gasteiger partial charge is 0.198 e. The van der Waals surface area contributed by atoms with E-state index in [4.69, 9.17) is 0 Å². The van der Waals surface area contributed by atoms with Gasteiger partial charge in [-0.3, -0.25) is 0 Å². The van der Waals surface area contributed by atoms with Crippen LogP contribution in [-0.4, -0.2) is 0 Å². The highest BCUT2D eigenvalue weighted by Gasteiger charge is 2.39. The molecule has 3 fully saturated rings. The Kier molecular flexibility index (Phi) is 9.40.